The lowest BCUT2D eigenvalue weighted by Crippen LogP contribution is -2.32. The number of aliphatic hydroxyl groups is 1. The number of aryl methyl sites for hydroxylation is 2. The summed E-state index contributed by atoms with van der Waals surface area (Å²) in [6.45, 7) is 4.27. The van der Waals surface area contributed by atoms with Crippen molar-refractivity contribution in [3.05, 3.63) is 70.8 Å². The van der Waals surface area contributed by atoms with E-state index >= 15 is 0 Å². The minimum absolute atomic E-state index is 0.123. The smallest absolute Gasteiger partial charge is 0.255 e. The minimum atomic E-state index is -0.695. The first kappa shape index (κ1) is 22.5. The molecule has 0 fully saturated rings. The van der Waals surface area contributed by atoms with E-state index in [-0.39, 0.29) is 19.0 Å². The largest absolute Gasteiger partial charge is 0.674 e. The maximum Gasteiger partial charge on any atom is 0.255 e. The molecule has 0 saturated carbocycles. The van der Waals surface area contributed by atoms with E-state index in [1.165, 1.54) is 0 Å². The molecule has 8 nitrogen and oxygen atoms in total. The molecule has 3 aromatic rings. The van der Waals surface area contributed by atoms with Crippen LogP contribution in [0.1, 0.15) is 40.7 Å². The highest BCUT2D eigenvalue weighted by atomic mass is 16.5. The van der Waals surface area contributed by atoms with Crippen molar-refractivity contribution in [1.29, 1.82) is 0 Å². The molecule has 0 saturated heterocycles. The number of hydrogen-bond donors (Lipinski definition) is 2. The number of carbonyl (C=O) groups excluding carboxylic acids is 1. The molecule has 0 spiro atoms. The van der Waals surface area contributed by atoms with Crippen LogP contribution in [0.4, 0.5) is 0 Å². The third-order valence-electron chi connectivity index (χ3n) is 4.85. The van der Waals surface area contributed by atoms with Crippen LogP contribution in [0, 0.1) is 6.92 Å². The van der Waals surface area contributed by atoms with E-state index in [4.69, 9.17) is 14.9 Å². The van der Waals surface area contributed by atoms with Crippen LogP contribution < -0.4 is 10.1 Å². The average molecular weight is 423 g/mol. The first-order valence-corrected chi connectivity index (χ1v) is 10.3. The second-order valence-corrected chi connectivity index (χ2v) is 7.12. The van der Waals surface area contributed by atoms with Gasteiger partial charge in [-0.05, 0) is 43.5 Å². The van der Waals surface area contributed by atoms with E-state index in [1.54, 1.807) is 25.1 Å². The van der Waals surface area contributed by atoms with Crippen molar-refractivity contribution in [3.63, 3.8) is 0 Å². The molecule has 31 heavy (non-hydrogen) atoms. The molecule has 1 amide bonds. The zero-order valence-electron chi connectivity index (χ0n) is 17.7. The van der Waals surface area contributed by atoms with Crippen molar-refractivity contribution in [1.82, 2.24) is 15.5 Å². The van der Waals surface area contributed by atoms with Gasteiger partial charge >= 0.3 is 0 Å². The Morgan fingerprint density at radius 3 is 2.68 bits per heavy atom. The molecule has 0 radical (unpaired) electrons. The second-order valence-electron chi connectivity index (χ2n) is 7.12. The molecule has 0 unspecified atom stereocenters. The van der Waals surface area contributed by atoms with Gasteiger partial charge < -0.3 is 25.3 Å². The van der Waals surface area contributed by atoms with Crippen LogP contribution >= 0.6 is 0 Å². The number of benzene rings is 2. The normalized spacial score (nSPS) is 11.9. The molecule has 1 heterocycles. The van der Waals surface area contributed by atoms with Crippen LogP contribution in [0.15, 0.2) is 46.9 Å². The number of amides is 1. The zero-order valence-corrected chi connectivity index (χ0v) is 17.7. The highest BCUT2D eigenvalue weighted by molar-refractivity contribution is 5.97. The number of carbonyl (C=O) groups is 1. The first-order chi connectivity index (χ1) is 15.0. The predicted octanol–water partition coefficient (Wildman–Crippen LogP) is 3.72. The SMILES string of the molecule is CCOc1cc(-c2nnc(C)o2)ccc1C(=O)NC[C@@H](O)CCc1ccccc1C[NH-]. The van der Waals surface area contributed by atoms with Crippen molar-refractivity contribution < 1.29 is 19.1 Å². The van der Waals surface area contributed by atoms with Gasteiger partial charge in [0.05, 0.1) is 18.3 Å². The highest BCUT2D eigenvalue weighted by Crippen LogP contribution is 2.27. The van der Waals surface area contributed by atoms with E-state index in [0.29, 0.717) is 48.1 Å². The lowest BCUT2D eigenvalue weighted by molar-refractivity contribution is 0.0907. The lowest BCUT2D eigenvalue weighted by atomic mass is 10.0. The van der Waals surface area contributed by atoms with Gasteiger partial charge in [0.15, 0.2) is 0 Å². The summed E-state index contributed by atoms with van der Waals surface area (Å²) >= 11 is 0. The number of rotatable bonds is 10. The molecule has 3 rings (SSSR count). The maximum atomic E-state index is 12.7. The summed E-state index contributed by atoms with van der Waals surface area (Å²) in [5.41, 5.74) is 10.6. The van der Waals surface area contributed by atoms with E-state index in [9.17, 15) is 9.90 Å². The maximum absolute atomic E-state index is 12.7. The molecule has 0 aliphatic rings. The molecular weight excluding hydrogens is 396 g/mol. The van der Waals surface area contributed by atoms with E-state index < -0.39 is 6.10 Å². The van der Waals surface area contributed by atoms with Crippen molar-refractivity contribution in [2.45, 2.75) is 39.3 Å². The molecule has 1 atom stereocenters. The van der Waals surface area contributed by atoms with Gasteiger partial charge in [-0.1, -0.05) is 29.8 Å². The molecular formula is C23H27N4O4-. The summed E-state index contributed by atoms with van der Waals surface area (Å²) in [7, 11) is 0. The van der Waals surface area contributed by atoms with Gasteiger partial charge in [0.25, 0.3) is 5.91 Å². The van der Waals surface area contributed by atoms with Crippen LogP contribution in [0.3, 0.4) is 0 Å². The standard InChI is InChI=1S/C23H27N4O4/c1-3-30-21-12-17(23-27-26-15(2)31-23)9-11-20(21)22(29)25-14-19(28)10-8-16-6-4-5-7-18(16)13-24/h4-7,9,11-12,19,24,28H,3,8,10,13-14H2,1-2H3,(H,25,29)/q-1/t19-/m0/s1. The monoisotopic (exact) mass is 423 g/mol. The molecule has 164 valence electrons. The van der Waals surface area contributed by atoms with Crippen molar-refractivity contribution in [3.8, 4) is 17.2 Å². The zero-order chi connectivity index (χ0) is 22.2. The quantitative estimate of drug-likeness (QED) is 0.513. The Labute approximate surface area is 181 Å². The van der Waals surface area contributed by atoms with Crippen molar-refractivity contribution in [2.75, 3.05) is 13.2 Å². The Morgan fingerprint density at radius 1 is 1.23 bits per heavy atom. The lowest BCUT2D eigenvalue weighted by Gasteiger charge is -2.16. The van der Waals surface area contributed by atoms with Gasteiger partial charge in [-0.3, -0.25) is 4.79 Å². The summed E-state index contributed by atoms with van der Waals surface area (Å²) in [5.74, 6) is 0.887. The second kappa shape index (κ2) is 10.7. The average Bonchev–Trinajstić information content (AvgIpc) is 3.22. The summed E-state index contributed by atoms with van der Waals surface area (Å²) in [4.78, 5) is 12.7. The summed E-state index contributed by atoms with van der Waals surface area (Å²) in [6, 6.07) is 12.8. The molecule has 8 heteroatoms. The molecule has 0 bridgehead atoms. The Hall–Kier alpha value is -3.23. The fourth-order valence-electron chi connectivity index (χ4n) is 3.23. The van der Waals surface area contributed by atoms with Gasteiger partial charge in [-0.2, -0.15) is 0 Å². The van der Waals surface area contributed by atoms with E-state index in [1.807, 2.05) is 31.2 Å². The fraction of sp³-hybridized carbons (Fsp3) is 0.348. The van der Waals surface area contributed by atoms with E-state index in [2.05, 4.69) is 15.5 Å². The van der Waals surface area contributed by atoms with E-state index in [0.717, 1.165) is 11.1 Å². The Bertz CT molecular complexity index is 1020. The van der Waals surface area contributed by atoms with Crippen LogP contribution in [0.2, 0.25) is 0 Å². The van der Waals surface area contributed by atoms with Crippen molar-refractivity contribution >= 4 is 5.91 Å². The summed E-state index contributed by atoms with van der Waals surface area (Å²) in [6.07, 6.45) is 0.443. The van der Waals surface area contributed by atoms with Crippen LogP contribution in [0.5, 0.6) is 5.75 Å². The molecule has 0 aliphatic heterocycles. The molecule has 0 aliphatic carbocycles. The van der Waals surface area contributed by atoms with Gasteiger partial charge in [-0.25, -0.2) is 0 Å². The molecule has 2 aromatic carbocycles. The van der Waals surface area contributed by atoms with Gasteiger partial charge in [0, 0.05) is 19.0 Å². The summed E-state index contributed by atoms with van der Waals surface area (Å²) < 4.78 is 11.1. The third kappa shape index (κ3) is 5.90. The Morgan fingerprint density at radius 2 is 2.00 bits per heavy atom. The van der Waals surface area contributed by atoms with Crippen LogP contribution in [-0.4, -0.2) is 40.5 Å². The number of aliphatic hydroxyl groups excluding tert-OH is 1. The Kier molecular flexibility index (Phi) is 7.75. The van der Waals surface area contributed by atoms with Gasteiger partial charge in [0.2, 0.25) is 11.8 Å². The number of hydrogen-bond acceptors (Lipinski definition) is 6. The fourth-order valence-corrected chi connectivity index (χ4v) is 3.23. The Balaban J connectivity index is 1.61. The van der Waals surface area contributed by atoms with Crippen LogP contribution in [0.25, 0.3) is 17.2 Å². The minimum Gasteiger partial charge on any atom is -0.674 e. The van der Waals surface area contributed by atoms with Crippen molar-refractivity contribution in [2.24, 2.45) is 0 Å². The number of nitrogens with zero attached hydrogens (tertiary/aromatic N) is 2. The number of nitrogens with one attached hydrogen (secondary N) is 2. The van der Waals surface area contributed by atoms with Gasteiger partial charge in [-0.15, -0.1) is 16.7 Å². The molecule has 1 aromatic heterocycles. The first-order valence-electron chi connectivity index (χ1n) is 10.3. The molecule has 3 N–H and O–H groups in total. The predicted molar refractivity (Wildman–Crippen MR) is 117 cm³/mol. The number of aromatic nitrogens is 2. The third-order valence-corrected chi connectivity index (χ3v) is 4.85. The highest BCUT2D eigenvalue weighted by Gasteiger charge is 2.17. The summed E-state index contributed by atoms with van der Waals surface area (Å²) in [5, 5.41) is 20.9. The topological polar surface area (TPSA) is 121 Å². The number of ether oxygens (including phenoxy) is 1. The van der Waals surface area contributed by atoms with Crippen LogP contribution in [-0.2, 0) is 13.0 Å². The van der Waals surface area contributed by atoms with Gasteiger partial charge in [0.1, 0.15) is 5.75 Å².